The molecule has 0 aliphatic carbocycles. The van der Waals surface area contributed by atoms with Gasteiger partial charge in [-0.1, -0.05) is 12.1 Å². The van der Waals surface area contributed by atoms with Crippen LogP contribution in [0.15, 0.2) is 29.3 Å². The second kappa shape index (κ2) is 4.94. The van der Waals surface area contributed by atoms with Gasteiger partial charge in [-0.15, -0.1) is 0 Å². The Morgan fingerprint density at radius 3 is 3.07 bits per heavy atom. The Bertz CT molecular complexity index is 343. The molecule has 2 N–H and O–H groups in total. The Hall–Kier alpha value is -1.35. The number of para-hydroxylation sites is 1. The van der Waals surface area contributed by atoms with Crippen molar-refractivity contribution in [2.75, 3.05) is 13.1 Å². The van der Waals surface area contributed by atoms with Crippen molar-refractivity contribution in [2.45, 2.75) is 18.9 Å². The summed E-state index contributed by atoms with van der Waals surface area (Å²) in [6.45, 7) is 1.91. The zero-order valence-corrected chi connectivity index (χ0v) is 8.69. The third kappa shape index (κ3) is 2.80. The van der Waals surface area contributed by atoms with E-state index in [1.807, 2.05) is 18.2 Å². The van der Waals surface area contributed by atoms with Crippen LogP contribution in [0.1, 0.15) is 18.4 Å². The Balaban J connectivity index is 1.90. The molecular formula is C12H16N2O. The van der Waals surface area contributed by atoms with Crippen molar-refractivity contribution in [1.82, 2.24) is 5.32 Å². The van der Waals surface area contributed by atoms with Gasteiger partial charge in [0.1, 0.15) is 5.75 Å². The van der Waals surface area contributed by atoms with Crippen molar-refractivity contribution in [3.63, 3.8) is 0 Å². The lowest BCUT2D eigenvalue weighted by atomic mass is 10.2. The monoisotopic (exact) mass is 204 g/mol. The second-order valence-electron chi connectivity index (χ2n) is 3.85. The standard InChI is InChI=1S/C12H16N2O/c15-12-6-2-1-4-10(12)8-13-9-11-5-3-7-14-11/h1-2,4,6,8,11,14-15H,3,5,7,9H2. The van der Waals surface area contributed by atoms with Crippen LogP contribution < -0.4 is 5.32 Å². The second-order valence-corrected chi connectivity index (χ2v) is 3.85. The fourth-order valence-electron chi connectivity index (χ4n) is 1.79. The number of aliphatic imine (C=N–C) groups is 1. The SMILES string of the molecule is Oc1ccccc1C=NCC1CCCN1. The lowest BCUT2D eigenvalue weighted by Gasteiger charge is -2.04. The van der Waals surface area contributed by atoms with Crippen molar-refractivity contribution < 1.29 is 5.11 Å². The van der Waals surface area contributed by atoms with E-state index in [1.54, 1.807) is 12.3 Å². The Morgan fingerprint density at radius 1 is 1.47 bits per heavy atom. The molecule has 0 bridgehead atoms. The first-order chi connectivity index (χ1) is 7.36. The highest BCUT2D eigenvalue weighted by Crippen LogP contribution is 2.13. The van der Waals surface area contributed by atoms with Gasteiger partial charge in [0.15, 0.2) is 0 Å². The number of phenolic OH excluding ortho intramolecular Hbond substituents is 1. The number of nitrogens with one attached hydrogen (secondary N) is 1. The molecule has 0 aromatic heterocycles. The summed E-state index contributed by atoms with van der Waals surface area (Å²) in [5, 5.41) is 12.9. The number of hydrogen-bond acceptors (Lipinski definition) is 3. The molecule has 1 aromatic rings. The van der Waals surface area contributed by atoms with Crippen molar-refractivity contribution in [2.24, 2.45) is 4.99 Å². The average molecular weight is 204 g/mol. The Morgan fingerprint density at radius 2 is 2.33 bits per heavy atom. The highest BCUT2D eigenvalue weighted by Gasteiger charge is 2.12. The van der Waals surface area contributed by atoms with Crippen LogP contribution >= 0.6 is 0 Å². The summed E-state index contributed by atoms with van der Waals surface area (Å²) in [5.41, 5.74) is 0.787. The van der Waals surface area contributed by atoms with Crippen LogP contribution in [0.4, 0.5) is 0 Å². The maximum absolute atomic E-state index is 9.50. The summed E-state index contributed by atoms with van der Waals surface area (Å²) < 4.78 is 0. The summed E-state index contributed by atoms with van der Waals surface area (Å²) in [6, 6.07) is 7.77. The van der Waals surface area contributed by atoms with E-state index in [9.17, 15) is 5.11 Å². The van der Waals surface area contributed by atoms with Crippen molar-refractivity contribution in [1.29, 1.82) is 0 Å². The normalized spacial score (nSPS) is 21.2. The maximum atomic E-state index is 9.50. The van der Waals surface area contributed by atoms with Crippen LogP contribution in [0.5, 0.6) is 5.75 Å². The summed E-state index contributed by atoms with van der Waals surface area (Å²) in [7, 11) is 0. The van der Waals surface area contributed by atoms with Gasteiger partial charge >= 0.3 is 0 Å². The average Bonchev–Trinajstić information content (AvgIpc) is 2.74. The molecule has 1 heterocycles. The van der Waals surface area contributed by atoms with E-state index in [2.05, 4.69) is 10.3 Å². The van der Waals surface area contributed by atoms with E-state index in [-0.39, 0.29) is 0 Å². The van der Waals surface area contributed by atoms with Crippen molar-refractivity contribution in [3.05, 3.63) is 29.8 Å². The molecule has 0 spiro atoms. The molecule has 1 aromatic carbocycles. The Labute approximate surface area is 89.9 Å². The van der Waals surface area contributed by atoms with Gasteiger partial charge in [0.05, 0.1) is 6.54 Å². The number of hydrogen-bond donors (Lipinski definition) is 2. The molecule has 0 saturated carbocycles. The van der Waals surface area contributed by atoms with Gasteiger partial charge in [0.2, 0.25) is 0 Å². The topological polar surface area (TPSA) is 44.6 Å². The van der Waals surface area contributed by atoms with Crippen LogP contribution in [0, 0.1) is 0 Å². The van der Waals surface area contributed by atoms with Gasteiger partial charge in [-0.3, -0.25) is 4.99 Å². The first kappa shape index (κ1) is 10.2. The van der Waals surface area contributed by atoms with Gasteiger partial charge in [0.25, 0.3) is 0 Å². The largest absolute Gasteiger partial charge is 0.507 e. The molecule has 3 nitrogen and oxygen atoms in total. The van der Waals surface area contributed by atoms with Crippen molar-refractivity contribution >= 4 is 6.21 Å². The molecule has 0 radical (unpaired) electrons. The van der Waals surface area contributed by atoms with Gasteiger partial charge in [-0.05, 0) is 31.5 Å². The third-order valence-electron chi connectivity index (χ3n) is 2.66. The van der Waals surface area contributed by atoms with E-state index in [0.717, 1.165) is 18.7 Å². The summed E-state index contributed by atoms with van der Waals surface area (Å²) in [5.74, 6) is 0.292. The lowest BCUT2D eigenvalue weighted by Crippen LogP contribution is -2.24. The smallest absolute Gasteiger partial charge is 0.124 e. The van der Waals surface area contributed by atoms with Crippen LogP contribution in [0.25, 0.3) is 0 Å². The highest BCUT2D eigenvalue weighted by atomic mass is 16.3. The van der Waals surface area contributed by atoms with Crippen LogP contribution in [-0.2, 0) is 0 Å². The molecule has 1 aliphatic heterocycles. The molecule has 1 fully saturated rings. The highest BCUT2D eigenvalue weighted by molar-refractivity contribution is 5.83. The van der Waals surface area contributed by atoms with E-state index in [1.165, 1.54) is 12.8 Å². The number of benzene rings is 1. The molecule has 15 heavy (non-hydrogen) atoms. The summed E-state index contributed by atoms with van der Waals surface area (Å²) in [6.07, 6.45) is 4.20. The van der Waals surface area contributed by atoms with E-state index >= 15 is 0 Å². The minimum absolute atomic E-state index is 0.292. The predicted molar refractivity (Wildman–Crippen MR) is 61.6 cm³/mol. The zero-order valence-electron chi connectivity index (χ0n) is 8.69. The van der Waals surface area contributed by atoms with Crippen molar-refractivity contribution in [3.8, 4) is 5.75 Å². The quantitative estimate of drug-likeness (QED) is 0.734. The number of rotatable bonds is 3. The van der Waals surface area contributed by atoms with E-state index < -0.39 is 0 Å². The molecule has 3 heteroatoms. The molecule has 0 amide bonds. The minimum atomic E-state index is 0.292. The van der Waals surface area contributed by atoms with Gasteiger partial charge < -0.3 is 10.4 Å². The number of aromatic hydroxyl groups is 1. The molecule has 1 saturated heterocycles. The van der Waals surface area contributed by atoms with Crippen LogP contribution in [-0.4, -0.2) is 30.5 Å². The first-order valence-corrected chi connectivity index (χ1v) is 5.37. The van der Waals surface area contributed by atoms with Crippen LogP contribution in [0.3, 0.4) is 0 Å². The predicted octanol–water partition coefficient (Wildman–Crippen LogP) is 1.56. The molecule has 2 rings (SSSR count). The molecular weight excluding hydrogens is 188 g/mol. The molecule has 1 aliphatic rings. The zero-order chi connectivity index (χ0) is 10.5. The summed E-state index contributed by atoms with van der Waals surface area (Å²) in [4.78, 5) is 4.34. The fraction of sp³-hybridized carbons (Fsp3) is 0.417. The Kier molecular flexibility index (Phi) is 3.35. The van der Waals surface area contributed by atoms with Gasteiger partial charge in [0, 0.05) is 17.8 Å². The maximum Gasteiger partial charge on any atom is 0.124 e. The lowest BCUT2D eigenvalue weighted by molar-refractivity contribution is 0.474. The summed E-state index contributed by atoms with van der Waals surface area (Å²) >= 11 is 0. The number of phenols is 1. The third-order valence-corrected chi connectivity index (χ3v) is 2.66. The van der Waals surface area contributed by atoms with Crippen LogP contribution in [0.2, 0.25) is 0 Å². The molecule has 80 valence electrons. The number of nitrogens with zero attached hydrogens (tertiary/aromatic N) is 1. The fourth-order valence-corrected chi connectivity index (χ4v) is 1.79. The molecule has 1 unspecified atom stereocenters. The van der Waals surface area contributed by atoms with Gasteiger partial charge in [-0.25, -0.2) is 0 Å². The van der Waals surface area contributed by atoms with E-state index in [0.29, 0.717) is 11.8 Å². The van der Waals surface area contributed by atoms with E-state index in [4.69, 9.17) is 0 Å². The molecule has 1 atom stereocenters. The minimum Gasteiger partial charge on any atom is -0.507 e. The van der Waals surface area contributed by atoms with Gasteiger partial charge in [-0.2, -0.15) is 0 Å². The first-order valence-electron chi connectivity index (χ1n) is 5.37.